The Labute approximate surface area is 94.0 Å². The zero-order valence-corrected chi connectivity index (χ0v) is 9.11. The summed E-state index contributed by atoms with van der Waals surface area (Å²) in [6.45, 7) is 0.841. The summed E-state index contributed by atoms with van der Waals surface area (Å²) in [6, 6.07) is 0.585. The quantitative estimate of drug-likeness (QED) is 0.432. The molecule has 1 aliphatic rings. The Balaban J connectivity index is 1.94. The van der Waals surface area contributed by atoms with Crippen LogP contribution < -0.4 is 10.6 Å². The van der Waals surface area contributed by atoms with Crippen molar-refractivity contribution in [2.75, 3.05) is 13.1 Å². The van der Waals surface area contributed by atoms with Crippen molar-refractivity contribution in [1.82, 2.24) is 10.6 Å². The molecule has 0 saturated heterocycles. The Morgan fingerprint density at radius 2 is 2.00 bits per heavy atom. The summed E-state index contributed by atoms with van der Waals surface area (Å²) in [5.41, 5.74) is 0. The number of carboxylic acid groups (broad SMARTS) is 1. The van der Waals surface area contributed by atoms with Crippen molar-refractivity contribution in [2.24, 2.45) is 0 Å². The summed E-state index contributed by atoms with van der Waals surface area (Å²) in [5, 5.41) is 23.1. The van der Waals surface area contributed by atoms with Gasteiger partial charge >= 0.3 is 5.97 Å². The Morgan fingerprint density at radius 1 is 1.31 bits per heavy atom. The number of amides is 1. The molecule has 1 fully saturated rings. The molecule has 0 aromatic rings. The molecular formula is C10H18N2O4. The monoisotopic (exact) mass is 230 g/mol. The fourth-order valence-electron chi connectivity index (χ4n) is 1.24. The highest BCUT2D eigenvalue weighted by Gasteiger charge is 2.20. The molecule has 0 bridgehead atoms. The lowest BCUT2D eigenvalue weighted by Crippen LogP contribution is -2.32. The molecule has 0 spiro atoms. The summed E-state index contributed by atoms with van der Waals surface area (Å²) in [5.74, 6) is -1.38. The van der Waals surface area contributed by atoms with Gasteiger partial charge in [-0.3, -0.25) is 4.79 Å². The van der Waals surface area contributed by atoms with E-state index in [2.05, 4.69) is 10.6 Å². The van der Waals surface area contributed by atoms with Crippen molar-refractivity contribution in [1.29, 1.82) is 0 Å². The van der Waals surface area contributed by atoms with E-state index >= 15 is 0 Å². The van der Waals surface area contributed by atoms with Crippen LogP contribution in [0.15, 0.2) is 0 Å². The van der Waals surface area contributed by atoms with Crippen molar-refractivity contribution in [2.45, 2.75) is 37.8 Å². The van der Waals surface area contributed by atoms with Crippen LogP contribution in [0, 0.1) is 0 Å². The average Bonchev–Trinajstić information content (AvgIpc) is 3.01. The van der Waals surface area contributed by atoms with E-state index in [0.29, 0.717) is 19.0 Å². The van der Waals surface area contributed by atoms with E-state index < -0.39 is 12.1 Å². The van der Waals surface area contributed by atoms with E-state index in [-0.39, 0.29) is 18.9 Å². The molecule has 0 aromatic carbocycles. The van der Waals surface area contributed by atoms with Gasteiger partial charge in [0.15, 0.2) is 6.10 Å². The van der Waals surface area contributed by atoms with Crippen LogP contribution in [0.2, 0.25) is 0 Å². The lowest BCUT2D eigenvalue weighted by molar-refractivity contribution is -0.147. The maximum Gasteiger partial charge on any atom is 0.332 e. The van der Waals surface area contributed by atoms with Gasteiger partial charge in [-0.25, -0.2) is 4.79 Å². The SMILES string of the molecule is O=C(CCNC1CC1)NCCC(O)C(=O)O. The number of aliphatic hydroxyl groups excluding tert-OH is 1. The molecule has 1 unspecified atom stereocenters. The third-order valence-electron chi connectivity index (χ3n) is 2.39. The summed E-state index contributed by atoms with van der Waals surface area (Å²) in [7, 11) is 0. The largest absolute Gasteiger partial charge is 0.479 e. The van der Waals surface area contributed by atoms with Crippen LogP contribution in [0.5, 0.6) is 0 Å². The zero-order valence-electron chi connectivity index (χ0n) is 9.11. The van der Waals surface area contributed by atoms with Gasteiger partial charge in [0.1, 0.15) is 0 Å². The lowest BCUT2D eigenvalue weighted by Gasteiger charge is -2.07. The van der Waals surface area contributed by atoms with Crippen LogP contribution >= 0.6 is 0 Å². The van der Waals surface area contributed by atoms with E-state index in [1.807, 2.05) is 0 Å². The first-order valence-electron chi connectivity index (χ1n) is 5.50. The van der Waals surface area contributed by atoms with E-state index in [4.69, 9.17) is 10.2 Å². The molecule has 0 aliphatic heterocycles. The topological polar surface area (TPSA) is 98.7 Å². The van der Waals surface area contributed by atoms with Gasteiger partial charge < -0.3 is 20.8 Å². The molecule has 1 rings (SSSR count). The number of hydrogen-bond acceptors (Lipinski definition) is 4. The highest BCUT2D eigenvalue weighted by Crippen LogP contribution is 2.18. The van der Waals surface area contributed by atoms with Crippen LogP contribution in [0.1, 0.15) is 25.7 Å². The van der Waals surface area contributed by atoms with Crippen molar-refractivity contribution in [3.8, 4) is 0 Å². The Kier molecular flexibility index (Phi) is 5.21. The van der Waals surface area contributed by atoms with E-state index in [1.165, 1.54) is 12.8 Å². The van der Waals surface area contributed by atoms with Crippen molar-refractivity contribution < 1.29 is 19.8 Å². The van der Waals surface area contributed by atoms with Crippen molar-refractivity contribution in [3.05, 3.63) is 0 Å². The number of carboxylic acids is 1. The van der Waals surface area contributed by atoms with Crippen LogP contribution in [0.25, 0.3) is 0 Å². The first kappa shape index (κ1) is 12.9. The van der Waals surface area contributed by atoms with Gasteiger partial charge in [-0.05, 0) is 12.8 Å². The molecule has 1 atom stereocenters. The fourth-order valence-corrected chi connectivity index (χ4v) is 1.24. The molecule has 4 N–H and O–H groups in total. The standard InChI is InChI=1S/C10H18N2O4/c13-8(10(15)16)3-5-12-9(14)4-6-11-7-1-2-7/h7-8,11,13H,1-6H2,(H,12,14)(H,15,16). The second-order valence-electron chi connectivity index (χ2n) is 3.97. The van der Waals surface area contributed by atoms with Gasteiger partial charge in [-0.15, -0.1) is 0 Å². The molecular weight excluding hydrogens is 212 g/mol. The van der Waals surface area contributed by atoms with Gasteiger partial charge in [-0.1, -0.05) is 0 Å². The van der Waals surface area contributed by atoms with Gasteiger partial charge in [0.05, 0.1) is 0 Å². The molecule has 1 saturated carbocycles. The Bertz CT molecular complexity index is 253. The molecule has 0 aromatic heterocycles. The number of rotatable bonds is 8. The average molecular weight is 230 g/mol. The van der Waals surface area contributed by atoms with Crippen molar-refractivity contribution >= 4 is 11.9 Å². The number of carbonyl (C=O) groups excluding carboxylic acids is 1. The molecule has 1 amide bonds. The van der Waals surface area contributed by atoms with Gasteiger partial charge in [0.2, 0.25) is 5.91 Å². The summed E-state index contributed by atoms with van der Waals surface area (Å²) in [6.07, 6.45) is 1.40. The Hall–Kier alpha value is -1.14. The van der Waals surface area contributed by atoms with Gasteiger partial charge in [-0.2, -0.15) is 0 Å². The van der Waals surface area contributed by atoms with E-state index in [1.54, 1.807) is 0 Å². The van der Waals surface area contributed by atoms with Crippen LogP contribution in [0.3, 0.4) is 0 Å². The predicted octanol–water partition coefficient (Wildman–Crippen LogP) is -0.920. The number of hydrogen-bond donors (Lipinski definition) is 4. The summed E-state index contributed by atoms with van der Waals surface area (Å²) >= 11 is 0. The predicted molar refractivity (Wildman–Crippen MR) is 56.9 cm³/mol. The molecule has 16 heavy (non-hydrogen) atoms. The first-order chi connectivity index (χ1) is 7.59. The minimum Gasteiger partial charge on any atom is -0.479 e. The highest BCUT2D eigenvalue weighted by molar-refractivity contribution is 5.76. The van der Waals surface area contributed by atoms with E-state index in [0.717, 1.165) is 0 Å². The number of aliphatic carboxylic acids is 1. The number of carbonyl (C=O) groups is 2. The molecule has 1 aliphatic carbocycles. The fraction of sp³-hybridized carbons (Fsp3) is 0.800. The van der Waals surface area contributed by atoms with E-state index in [9.17, 15) is 9.59 Å². The molecule has 6 nitrogen and oxygen atoms in total. The maximum atomic E-state index is 11.2. The second kappa shape index (κ2) is 6.44. The lowest BCUT2D eigenvalue weighted by atomic mass is 10.2. The van der Waals surface area contributed by atoms with Crippen molar-refractivity contribution in [3.63, 3.8) is 0 Å². The maximum absolute atomic E-state index is 11.2. The normalized spacial score (nSPS) is 16.8. The van der Waals surface area contributed by atoms with Gasteiger partial charge in [0.25, 0.3) is 0 Å². The minimum absolute atomic E-state index is 0.0388. The molecule has 6 heteroatoms. The minimum atomic E-state index is -1.40. The summed E-state index contributed by atoms with van der Waals surface area (Å²) in [4.78, 5) is 21.5. The second-order valence-corrected chi connectivity index (χ2v) is 3.97. The number of aliphatic hydroxyl groups is 1. The third-order valence-corrected chi connectivity index (χ3v) is 2.39. The third kappa shape index (κ3) is 5.67. The molecule has 0 radical (unpaired) electrons. The van der Waals surface area contributed by atoms with Crippen LogP contribution in [-0.2, 0) is 9.59 Å². The Morgan fingerprint density at radius 3 is 2.56 bits per heavy atom. The summed E-state index contributed by atoms with van der Waals surface area (Å²) < 4.78 is 0. The van der Waals surface area contributed by atoms with Crippen LogP contribution in [0.4, 0.5) is 0 Å². The smallest absolute Gasteiger partial charge is 0.332 e. The zero-order chi connectivity index (χ0) is 12.0. The molecule has 0 heterocycles. The molecule has 92 valence electrons. The highest BCUT2D eigenvalue weighted by atomic mass is 16.4. The number of nitrogens with one attached hydrogen (secondary N) is 2. The van der Waals surface area contributed by atoms with Crippen LogP contribution in [-0.4, -0.2) is 47.3 Å². The van der Waals surface area contributed by atoms with Gasteiger partial charge in [0, 0.05) is 32.0 Å². The first-order valence-corrected chi connectivity index (χ1v) is 5.50.